The lowest BCUT2D eigenvalue weighted by Crippen LogP contribution is -2.49. The largest absolute Gasteiger partial charge is 0.337 e. The summed E-state index contributed by atoms with van der Waals surface area (Å²) < 4.78 is 1.96. The third kappa shape index (κ3) is 3.58. The van der Waals surface area contributed by atoms with Crippen LogP contribution >= 0.6 is 0 Å². The molecule has 0 bridgehead atoms. The van der Waals surface area contributed by atoms with Crippen molar-refractivity contribution in [2.75, 3.05) is 39.3 Å². The van der Waals surface area contributed by atoms with Crippen molar-refractivity contribution < 1.29 is 4.79 Å². The van der Waals surface area contributed by atoms with Crippen molar-refractivity contribution in [1.29, 1.82) is 0 Å². The van der Waals surface area contributed by atoms with E-state index in [1.165, 1.54) is 0 Å². The van der Waals surface area contributed by atoms with Crippen molar-refractivity contribution >= 4 is 5.91 Å². The van der Waals surface area contributed by atoms with Crippen LogP contribution in [0.1, 0.15) is 36.3 Å². The van der Waals surface area contributed by atoms with Crippen molar-refractivity contribution in [3.63, 3.8) is 0 Å². The normalized spacial score (nSPS) is 23.0. The van der Waals surface area contributed by atoms with Crippen molar-refractivity contribution in [1.82, 2.24) is 24.9 Å². The number of hydrogen-bond donors (Lipinski definition) is 1. The number of carbonyl (C=O) groups excluding carboxylic acids is 1. The van der Waals surface area contributed by atoms with Gasteiger partial charge in [-0.25, -0.2) is 0 Å². The second-order valence-electron chi connectivity index (χ2n) is 7.20. The summed E-state index contributed by atoms with van der Waals surface area (Å²) in [6, 6.07) is 0.520. The number of nitrogens with one attached hydrogen (secondary N) is 1. The SMILES string of the molecule is Cc1c(C(=O)N2CCC(N3CCNCC3)C2)cnn1CC(C)C. The van der Waals surface area contributed by atoms with Gasteiger partial charge in [-0.2, -0.15) is 5.10 Å². The highest BCUT2D eigenvalue weighted by molar-refractivity contribution is 5.95. The van der Waals surface area contributed by atoms with Gasteiger partial charge < -0.3 is 10.2 Å². The molecule has 0 radical (unpaired) electrons. The van der Waals surface area contributed by atoms with Crippen molar-refractivity contribution in [2.24, 2.45) is 5.92 Å². The molecule has 1 N–H and O–H groups in total. The molecule has 0 saturated carbocycles. The highest BCUT2D eigenvalue weighted by atomic mass is 16.2. The van der Waals surface area contributed by atoms with E-state index in [9.17, 15) is 4.79 Å². The Morgan fingerprint density at radius 1 is 1.35 bits per heavy atom. The Balaban J connectivity index is 1.63. The van der Waals surface area contributed by atoms with E-state index in [2.05, 4.69) is 29.2 Å². The standard InChI is InChI=1S/C17H29N5O/c1-13(2)11-22-14(3)16(10-19-22)17(23)21-7-4-15(12-21)20-8-5-18-6-9-20/h10,13,15,18H,4-9,11-12H2,1-3H3. The molecule has 1 unspecified atom stereocenters. The molecule has 1 aromatic heterocycles. The van der Waals surface area contributed by atoms with Crippen LogP contribution < -0.4 is 5.32 Å². The maximum Gasteiger partial charge on any atom is 0.257 e. The summed E-state index contributed by atoms with van der Waals surface area (Å²) in [5.74, 6) is 0.676. The van der Waals surface area contributed by atoms with Gasteiger partial charge in [-0.1, -0.05) is 13.8 Å². The Kier molecular flexibility index (Phi) is 5.02. The predicted octanol–water partition coefficient (Wildman–Crippen LogP) is 0.967. The molecule has 23 heavy (non-hydrogen) atoms. The maximum absolute atomic E-state index is 12.8. The fourth-order valence-corrected chi connectivity index (χ4v) is 3.63. The maximum atomic E-state index is 12.8. The van der Waals surface area contributed by atoms with Gasteiger partial charge in [-0.3, -0.25) is 14.4 Å². The molecule has 1 aromatic rings. The molecule has 0 aliphatic carbocycles. The van der Waals surface area contributed by atoms with Gasteiger partial charge in [0.05, 0.1) is 11.8 Å². The summed E-state index contributed by atoms with van der Waals surface area (Å²) in [6.45, 7) is 13.2. The minimum Gasteiger partial charge on any atom is -0.337 e. The number of aromatic nitrogens is 2. The summed E-state index contributed by atoms with van der Waals surface area (Å²) in [7, 11) is 0. The summed E-state index contributed by atoms with van der Waals surface area (Å²) >= 11 is 0. The highest BCUT2D eigenvalue weighted by Gasteiger charge is 2.32. The quantitative estimate of drug-likeness (QED) is 0.898. The Hall–Kier alpha value is -1.40. The molecule has 6 heteroatoms. The van der Waals surface area contributed by atoms with Crippen LogP contribution in [0, 0.1) is 12.8 Å². The van der Waals surface area contributed by atoms with Crippen molar-refractivity contribution in [3.8, 4) is 0 Å². The molecule has 2 saturated heterocycles. The van der Waals surface area contributed by atoms with Crippen LogP contribution in [0.4, 0.5) is 0 Å². The van der Waals surface area contributed by atoms with Gasteiger partial charge in [0.15, 0.2) is 0 Å². The number of nitrogens with zero attached hydrogens (tertiary/aromatic N) is 4. The van der Waals surface area contributed by atoms with Gasteiger partial charge in [-0.05, 0) is 19.3 Å². The Bertz CT molecular complexity index is 547. The third-order valence-electron chi connectivity index (χ3n) is 4.99. The Morgan fingerprint density at radius 3 is 2.78 bits per heavy atom. The van der Waals surface area contributed by atoms with Crippen LogP contribution in [-0.2, 0) is 6.54 Å². The summed E-state index contributed by atoms with van der Waals surface area (Å²) in [5.41, 5.74) is 1.76. The molecule has 2 fully saturated rings. The summed E-state index contributed by atoms with van der Waals surface area (Å²) in [5, 5.41) is 7.80. The summed E-state index contributed by atoms with van der Waals surface area (Å²) in [4.78, 5) is 17.4. The van der Waals surface area contributed by atoms with Crippen LogP contribution in [-0.4, -0.2) is 70.8 Å². The van der Waals surface area contributed by atoms with Gasteiger partial charge in [0.2, 0.25) is 0 Å². The monoisotopic (exact) mass is 319 g/mol. The molecule has 0 aromatic carbocycles. The zero-order valence-electron chi connectivity index (χ0n) is 14.6. The Morgan fingerprint density at radius 2 is 2.09 bits per heavy atom. The fraction of sp³-hybridized carbons (Fsp3) is 0.765. The molecule has 1 atom stereocenters. The lowest BCUT2D eigenvalue weighted by atomic mass is 10.2. The first-order chi connectivity index (χ1) is 11.1. The average Bonchev–Trinajstić information content (AvgIpc) is 3.16. The second kappa shape index (κ2) is 7.01. The first-order valence-corrected chi connectivity index (χ1v) is 8.82. The van der Waals surface area contributed by atoms with Gasteiger partial charge in [0.25, 0.3) is 5.91 Å². The molecule has 2 aliphatic rings. The number of hydrogen-bond acceptors (Lipinski definition) is 4. The second-order valence-corrected chi connectivity index (χ2v) is 7.20. The van der Waals surface area contributed by atoms with Crippen LogP contribution in [0.5, 0.6) is 0 Å². The van der Waals surface area contributed by atoms with E-state index in [0.29, 0.717) is 12.0 Å². The molecule has 3 rings (SSSR count). The lowest BCUT2D eigenvalue weighted by Gasteiger charge is -2.32. The third-order valence-corrected chi connectivity index (χ3v) is 4.99. The number of amides is 1. The first kappa shape index (κ1) is 16.5. The molecular formula is C17H29N5O. The lowest BCUT2D eigenvalue weighted by molar-refractivity contribution is 0.0772. The van der Waals surface area contributed by atoms with E-state index < -0.39 is 0 Å². The topological polar surface area (TPSA) is 53.4 Å². The molecular weight excluding hydrogens is 290 g/mol. The van der Waals surface area contributed by atoms with Gasteiger partial charge >= 0.3 is 0 Å². The average molecular weight is 319 g/mol. The molecule has 0 spiro atoms. The zero-order chi connectivity index (χ0) is 16.4. The molecule has 3 heterocycles. The van der Waals surface area contributed by atoms with Crippen LogP contribution in [0.3, 0.4) is 0 Å². The smallest absolute Gasteiger partial charge is 0.257 e. The molecule has 128 valence electrons. The zero-order valence-corrected chi connectivity index (χ0v) is 14.6. The van der Waals surface area contributed by atoms with E-state index in [0.717, 1.165) is 63.5 Å². The van der Waals surface area contributed by atoms with Crippen molar-refractivity contribution in [3.05, 3.63) is 17.5 Å². The number of rotatable bonds is 4. The van der Waals surface area contributed by atoms with Crippen LogP contribution in [0.25, 0.3) is 0 Å². The van der Waals surface area contributed by atoms with Crippen LogP contribution in [0.2, 0.25) is 0 Å². The number of likely N-dealkylation sites (tertiary alicyclic amines) is 1. The van der Waals surface area contributed by atoms with E-state index in [-0.39, 0.29) is 5.91 Å². The van der Waals surface area contributed by atoms with E-state index in [4.69, 9.17) is 0 Å². The minimum atomic E-state index is 0.148. The van der Waals surface area contributed by atoms with Gasteiger partial charge in [0, 0.05) is 57.5 Å². The van der Waals surface area contributed by atoms with Crippen LogP contribution in [0.15, 0.2) is 6.20 Å². The van der Waals surface area contributed by atoms with E-state index in [1.807, 2.05) is 16.5 Å². The molecule has 2 aliphatic heterocycles. The van der Waals surface area contributed by atoms with Crippen molar-refractivity contribution in [2.45, 2.75) is 39.8 Å². The summed E-state index contributed by atoms with van der Waals surface area (Å²) in [6.07, 6.45) is 2.84. The molecule has 1 amide bonds. The number of carbonyl (C=O) groups is 1. The van der Waals surface area contributed by atoms with E-state index in [1.54, 1.807) is 6.20 Å². The molecule has 6 nitrogen and oxygen atoms in total. The predicted molar refractivity (Wildman–Crippen MR) is 90.6 cm³/mol. The van der Waals surface area contributed by atoms with Gasteiger partial charge in [0.1, 0.15) is 0 Å². The van der Waals surface area contributed by atoms with Gasteiger partial charge in [-0.15, -0.1) is 0 Å². The fourth-order valence-electron chi connectivity index (χ4n) is 3.63. The van der Waals surface area contributed by atoms with E-state index >= 15 is 0 Å². The number of piperazine rings is 1. The highest BCUT2D eigenvalue weighted by Crippen LogP contribution is 2.20. The first-order valence-electron chi connectivity index (χ1n) is 8.82. The minimum absolute atomic E-state index is 0.148. The Labute approximate surface area is 138 Å².